The number of aromatic nitrogens is 3. The highest BCUT2D eigenvalue weighted by Crippen LogP contribution is 2.22. The average molecular weight is 441 g/mol. The van der Waals surface area contributed by atoms with Crippen LogP contribution < -0.4 is 20.7 Å². The third kappa shape index (κ3) is 7.75. The SMILES string of the molecule is CCNc1nc(Cl)nc(NC2CCC2)n1.O=C(Nc1ccccc1)Oc1ccccc1. The molecule has 1 aliphatic rings. The van der Waals surface area contributed by atoms with E-state index in [1.54, 1.807) is 24.3 Å². The minimum absolute atomic E-state index is 0.225. The van der Waals surface area contributed by atoms with Gasteiger partial charge in [-0.1, -0.05) is 36.4 Å². The van der Waals surface area contributed by atoms with Gasteiger partial charge in [0.05, 0.1) is 0 Å². The minimum atomic E-state index is -0.489. The lowest BCUT2D eigenvalue weighted by atomic mass is 9.93. The molecule has 0 saturated heterocycles. The molecule has 0 atom stereocenters. The van der Waals surface area contributed by atoms with Crippen molar-refractivity contribution in [2.75, 3.05) is 22.5 Å². The monoisotopic (exact) mass is 440 g/mol. The van der Waals surface area contributed by atoms with Crippen molar-refractivity contribution in [1.82, 2.24) is 15.0 Å². The molecule has 162 valence electrons. The zero-order valence-electron chi connectivity index (χ0n) is 17.2. The molecular weight excluding hydrogens is 416 g/mol. The number of nitrogens with zero attached hydrogens (tertiary/aromatic N) is 3. The lowest BCUT2D eigenvalue weighted by molar-refractivity contribution is 0.215. The van der Waals surface area contributed by atoms with Crippen LogP contribution in [0.3, 0.4) is 0 Å². The molecule has 1 amide bonds. The number of ether oxygens (including phenoxy) is 1. The highest BCUT2D eigenvalue weighted by Gasteiger charge is 2.18. The fraction of sp³-hybridized carbons (Fsp3) is 0.273. The quantitative estimate of drug-likeness (QED) is 0.483. The molecule has 2 aromatic carbocycles. The number of carbonyl (C=O) groups is 1. The summed E-state index contributed by atoms with van der Waals surface area (Å²) >= 11 is 5.79. The number of benzene rings is 2. The summed E-state index contributed by atoms with van der Waals surface area (Å²) in [5.74, 6) is 1.62. The van der Waals surface area contributed by atoms with Crippen molar-refractivity contribution < 1.29 is 9.53 Å². The van der Waals surface area contributed by atoms with E-state index in [0.29, 0.717) is 29.4 Å². The van der Waals surface area contributed by atoms with Crippen molar-refractivity contribution in [3.8, 4) is 5.75 Å². The van der Waals surface area contributed by atoms with Gasteiger partial charge in [-0.3, -0.25) is 5.32 Å². The van der Waals surface area contributed by atoms with E-state index in [0.717, 1.165) is 6.54 Å². The highest BCUT2D eigenvalue weighted by atomic mass is 35.5. The molecule has 3 aromatic rings. The predicted octanol–water partition coefficient (Wildman–Crippen LogP) is 5.22. The van der Waals surface area contributed by atoms with Crippen LogP contribution >= 0.6 is 11.6 Å². The Hall–Kier alpha value is -3.39. The van der Waals surface area contributed by atoms with Gasteiger partial charge in [0.2, 0.25) is 17.2 Å². The fourth-order valence-electron chi connectivity index (χ4n) is 2.65. The average Bonchev–Trinajstić information content (AvgIpc) is 2.73. The molecule has 31 heavy (non-hydrogen) atoms. The number of hydrogen-bond donors (Lipinski definition) is 3. The summed E-state index contributed by atoms with van der Waals surface area (Å²) in [5, 5.41) is 9.10. The standard InChI is InChI=1S/C13H11NO2.C9H14ClN5/c15-13(14-11-7-3-1-4-8-11)16-12-9-5-2-6-10-12;1-2-11-8-13-7(10)14-9(15-8)12-6-4-3-5-6/h1-10H,(H,14,15);6H,2-5H2,1H3,(H2,11,12,13,14,15). The van der Waals surface area contributed by atoms with E-state index < -0.39 is 6.09 Å². The van der Waals surface area contributed by atoms with Gasteiger partial charge in [-0.15, -0.1) is 0 Å². The van der Waals surface area contributed by atoms with E-state index in [1.165, 1.54) is 19.3 Å². The molecule has 0 aliphatic heterocycles. The molecule has 1 fully saturated rings. The summed E-state index contributed by atoms with van der Waals surface area (Å²) < 4.78 is 5.07. The molecule has 1 aromatic heterocycles. The lowest BCUT2D eigenvalue weighted by Gasteiger charge is -2.26. The van der Waals surface area contributed by atoms with Crippen LogP contribution in [0.4, 0.5) is 22.4 Å². The Balaban J connectivity index is 0.000000176. The van der Waals surface area contributed by atoms with Crippen LogP contribution in [-0.2, 0) is 0 Å². The number of carbonyl (C=O) groups excluding carboxylic acids is 1. The van der Waals surface area contributed by atoms with Gasteiger partial charge < -0.3 is 15.4 Å². The van der Waals surface area contributed by atoms with Gasteiger partial charge in [0.15, 0.2) is 0 Å². The summed E-state index contributed by atoms with van der Waals surface area (Å²) in [4.78, 5) is 23.7. The normalized spacial score (nSPS) is 12.6. The molecule has 9 heteroatoms. The van der Waals surface area contributed by atoms with Crippen LogP contribution in [0.1, 0.15) is 26.2 Å². The van der Waals surface area contributed by atoms with Crippen molar-refractivity contribution in [2.45, 2.75) is 32.2 Å². The Morgan fingerprint density at radius 1 is 1.00 bits per heavy atom. The van der Waals surface area contributed by atoms with Gasteiger partial charge in [-0.05, 0) is 62.1 Å². The highest BCUT2D eigenvalue weighted by molar-refractivity contribution is 6.28. The number of anilines is 3. The maximum atomic E-state index is 11.4. The second-order valence-electron chi connectivity index (χ2n) is 6.75. The van der Waals surface area contributed by atoms with E-state index in [-0.39, 0.29) is 5.28 Å². The van der Waals surface area contributed by atoms with Crippen LogP contribution in [0.2, 0.25) is 5.28 Å². The molecule has 0 radical (unpaired) electrons. The van der Waals surface area contributed by atoms with Crippen molar-refractivity contribution in [2.24, 2.45) is 0 Å². The summed E-state index contributed by atoms with van der Waals surface area (Å²) in [5.41, 5.74) is 0.712. The first kappa shape index (κ1) is 22.3. The minimum Gasteiger partial charge on any atom is -0.410 e. The van der Waals surface area contributed by atoms with E-state index in [9.17, 15) is 4.79 Å². The van der Waals surface area contributed by atoms with Gasteiger partial charge in [-0.25, -0.2) is 4.79 Å². The zero-order chi connectivity index (χ0) is 21.9. The van der Waals surface area contributed by atoms with Gasteiger partial charge >= 0.3 is 6.09 Å². The first-order valence-corrected chi connectivity index (χ1v) is 10.5. The van der Waals surface area contributed by atoms with E-state index >= 15 is 0 Å². The molecule has 1 heterocycles. The van der Waals surface area contributed by atoms with Crippen molar-refractivity contribution in [1.29, 1.82) is 0 Å². The van der Waals surface area contributed by atoms with Gasteiger partial charge in [-0.2, -0.15) is 15.0 Å². The van der Waals surface area contributed by atoms with Crippen LogP contribution in [0.5, 0.6) is 5.75 Å². The molecule has 0 spiro atoms. The molecule has 0 unspecified atom stereocenters. The second kappa shape index (κ2) is 11.7. The maximum Gasteiger partial charge on any atom is 0.417 e. The van der Waals surface area contributed by atoms with Gasteiger partial charge in [0.1, 0.15) is 5.75 Å². The largest absolute Gasteiger partial charge is 0.417 e. The van der Waals surface area contributed by atoms with Crippen molar-refractivity contribution in [3.05, 3.63) is 65.9 Å². The molecular formula is C22H25ClN6O2. The number of nitrogens with one attached hydrogen (secondary N) is 3. The Kier molecular flexibility index (Phi) is 8.42. The Labute approximate surface area is 186 Å². The topological polar surface area (TPSA) is 101 Å². The van der Waals surface area contributed by atoms with Gasteiger partial charge in [0, 0.05) is 18.3 Å². The molecule has 1 saturated carbocycles. The smallest absolute Gasteiger partial charge is 0.410 e. The zero-order valence-corrected chi connectivity index (χ0v) is 18.0. The Morgan fingerprint density at radius 2 is 1.65 bits per heavy atom. The first-order chi connectivity index (χ1) is 15.1. The van der Waals surface area contributed by atoms with E-state index in [4.69, 9.17) is 16.3 Å². The number of rotatable bonds is 6. The lowest BCUT2D eigenvalue weighted by Crippen LogP contribution is -2.28. The summed E-state index contributed by atoms with van der Waals surface area (Å²) in [6.45, 7) is 2.75. The van der Waals surface area contributed by atoms with Crippen molar-refractivity contribution in [3.63, 3.8) is 0 Å². The summed E-state index contributed by atoms with van der Waals surface area (Å²) in [7, 11) is 0. The first-order valence-electron chi connectivity index (χ1n) is 10.1. The Bertz CT molecular complexity index is 911. The molecule has 1 aliphatic carbocycles. The summed E-state index contributed by atoms with van der Waals surface area (Å²) in [6.07, 6.45) is 3.15. The van der Waals surface area contributed by atoms with E-state index in [2.05, 4.69) is 30.9 Å². The molecule has 3 N–H and O–H groups in total. The number of halogens is 1. The molecule has 4 rings (SSSR count). The second-order valence-corrected chi connectivity index (χ2v) is 7.09. The van der Waals surface area contributed by atoms with E-state index in [1.807, 2.05) is 43.3 Å². The fourth-order valence-corrected chi connectivity index (χ4v) is 2.81. The number of hydrogen-bond acceptors (Lipinski definition) is 7. The number of para-hydroxylation sites is 2. The van der Waals surface area contributed by atoms with Gasteiger partial charge in [0.25, 0.3) is 0 Å². The van der Waals surface area contributed by atoms with Crippen molar-refractivity contribution >= 4 is 35.3 Å². The third-order valence-corrected chi connectivity index (χ3v) is 4.52. The van der Waals surface area contributed by atoms with Crippen LogP contribution in [0.15, 0.2) is 60.7 Å². The maximum absolute atomic E-state index is 11.4. The third-order valence-electron chi connectivity index (χ3n) is 4.36. The predicted molar refractivity (Wildman–Crippen MR) is 123 cm³/mol. The molecule has 0 bridgehead atoms. The van der Waals surface area contributed by atoms with Crippen LogP contribution in [0, 0.1) is 0 Å². The summed E-state index contributed by atoms with van der Waals surface area (Å²) in [6, 6.07) is 18.6. The Morgan fingerprint density at radius 3 is 2.26 bits per heavy atom. The van der Waals surface area contributed by atoms with Crippen LogP contribution in [-0.4, -0.2) is 33.6 Å². The molecule has 8 nitrogen and oxygen atoms in total. The van der Waals surface area contributed by atoms with Crippen LogP contribution in [0.25, 0.3) is 0 Å². The number of amides is 1.